The molecule has 1 unspecified atom stereocenters. The first-order valence-electron chi connectivity index (χ1n) is 7.77. The summed E-state index contributed by atoms with van der Waals surface area (Å²) in [5.41, 5.74) is 0.533. The number of carbonyl (C=O) groups excluding carboxylic acids is 3. The van der Waals surface area contributed by atoms with Crippen LogP contribution in [0.15, 0.2) is 66.2 Å². The lowest BCUT2D eigenvalue weighted by Crippen LogP contribution is -2.40. The van der Waals surface area contributed by atoms with Crippen LogP contribution in [0.25, 0.3) is 5.76 Å². The summed E-state index contributed by atoms with van der Waals surface area (Å²) >= 11 is 0. The number of ketones is 3. The third-order valence-electron chi connectivity index (χ3n) is 3.87. The van der Waals surface area contributed by atoms with Crippen molar-refractivity contribution in [3.63, 3.8) is 0 Å². The molecular formula is C20H16O5. The van der Waals surface area contributed by atoms with Gasteiger partial charge in [0.25, 0.3) is 5.79 Å². The van der Waals surface area contributed by atoms with Crippen molar-refractivity contribution in [2.75, 3.05) is 0 Å². The second kappa shape index (κ2) is 6.45. The summed E-state index contributed by atoms with van der Waals surface area (Å²) < 4.78 is 5.46. The average molecular weight is 336 g/mol. The van der Waals surface area contributed by atoms with Crippen LogP contribution in [0.5, 0.6) is 0 Å². The van der Waals surface area contributed by atoms with Crippen LogP contribution >= 0.6 is 0 Å². The fourth-order valence-electron chi connectivity index (χ4n) is 2.75. The molecule has 0 amide bonds. The Balaban J connectivity index is 2.12. The summed E-state index contributed by atoms with van der Waals surface area (Å²) in [5.74, 6) is -4.23. The van der Waals surface area contributed by atoms with Gasteiger partial charge in [-0.2, -0.15) is 0 Å². The SMILES string of the molecule is CC(=O)CC1(O)OC(c2ccccc2)=C(C(=O)c2ccccc2)C1=O. The molecule has 1 heterocycles. The van der Waals surface area contributed by atoms with E-state index in [9.17, 15) is 19.5 Å². The van der Waals surface area contributed by atoms with Crippen LogP contribution in [0.2, 0.25) is 0 Å². The maximum atomic E-state index is 12.9. The fraction of sp³-hybridized carbons (Fsp3) is 0.150. The molecular weight excluding hydrogens is 320 g/mol. The third kappa shape index (κ3) is 3.14. The normalized spacial score (nSPS) is 19.7. The molecule has 2 aromatic carbocycles. The van der Waals surface area contributed by atoms with Crippen molar-refractivity contribution in [3.8, 4) is 0 Å². The maximum absolute atomic E-state index is 12.9. The van der Waals surface area contributed by atoms with Gasteiger partial charge in [-0.25, -0.2) is 0 Å². The number of carbonyl (C=O) groups is 3. The van der Waals surface area contributed by atoms with E-state index in [1.54, 1.807) is 60.7 Å². The van der Waals surface area contributed by atoms with Crippen molar-refractivity contribution in [2.24, 2.45) is 0 Å². The lowest BCUT2D eigenvalue weighted by Gasteiger charge is -2.20. The van der Waals surface area contributed by atoms with Crippen LogP contribution in [0.1, 0.15) is 29.3 Å². The molecule has 126 valence electrons. The molecule has 1 aliphatic heterocycles. The highest BCUT2D eigenvalue weighted by Crippen LogP contribution is 2.38. The van der Waals surface area contributed by atoms with E-state index in [1.807, 2.05) is 0 Å². The van der Waals surface area contributed by atoms with Gasteiger partial charge in [-0.05, 0) is 6.92 Å². The quantitative estimate of drug-likeness (QED) is 0.670. The van der Waals surface area contributed by atoms with Gasteiger partial charge in [0.1, 0.15) is 17.1 Å². The molecule has 3 rings (SSSR count). The van der Waals surface area contributed by atoms with Crippen molar-refractivity contribution >= 4 is 23.1 Å². The molecule has 2 aromatic rings. The van der Waals surface area contributed by atoms with Gasteiger partial charge in [-0.3, -0.25) is 14.4 Å². The predicted octanol–water partition coefficient (Wildman–Crippen LogP) is 2.55. The summed E-state index contributed by atoms with van der Waals surface area (Å²) in [6, 6.07) is 16.8. The van der Waals surface area contributed by atoms with Gasteiger partial charge < -0.3 is 9.84 Å². The van der Waals surface area contributed by atoms with E-state index in [0.717, 1.165) is 0 Å². The van der Waals surface area contributed by atoms with Crippen LogP contribution in [0, 0.1) is 0 Å². The Morgan fingerprint density at radius 2 is 1.56 bits per heavy atom. The van der Waals surface area contributed by atoms with E-state index in [-0.39, 0.29) is 11.3 Å². The summed E-state index contributed by atoms with van der Waals surface area (Å²) in [5, 5.41) is 10.5. The van der Waals surface area contributed by atoms with Crippen LogP contribution in [0.3, 0.4) is 0 Å². The molecule has 5 nitrogen and oxygen atoms in total. The number of benzene rings is 2. The van der Waals surface area contributed by atoms with E-state index in [1.165, 1.54) is 6.92 Å². The molecule has 5 heteroatoms. The number of aliphatic hydroxyl groups is 1. The molecule has 0 saturated heterocycles. The molecule has 0 radical (unpaired) electrons. The average Bonchev–Trinajstić information content (AvgIpc) is 2.86. The Morgan fingerprint density at radius 3 is 2.12 bits per heavy atom. The number of hydrogen-bond donors (Lipinski definition) is 1. The first-order valence-corrected chi connectivity index (χ1v) is 7.77. The summed E-state index contributed by atoms with van der Waals surface area (Å²) in [7, 11) is 0. The minimum absolute atomic E-state index is 0.0109. The van der Waals surface area contributed by atoms with Crippen LogP contribution in [-0.2, 0) is 14.3 Å². The van der Waals surface area contributed by atoms with Crippen LogP contribution in [0.4, 0.5) is 0 Å². The van der Waals surface area contributed by atoms with Crippen molar-refractivity contribution in [1.82, 2.24) is 0 Å². The molecule has 1 aliphatic rings. The summed E-state index contributed by atoms with van der Waals surface area (Å²) in [6.07, 6.45) is -0.520. The van der Waals surface area contributed by atoms with Gasteiger partial charge in [0.05, 0.1) is 6.42 Å². The monoisotopic (exact) mass is 336 g/mol. The molecule has 1 N–H and O–H groups in total. The van der Waals surface area contributed by atoms with E-state index in [4.69, 9.17) is 4.74 Å². The number of rotatable bonds is 5. The van der Waals surface area contributed by atoms with Gasteiger partial charge in [-0.1, -0.05) is 60.7 Å². The maximum Gasteiger partial charge on any atom is 0.279 e. The van der Waals surface area contributed by atoms with Gasteiger partial charge in [0.2, 0.25) is 11.6 Å². The number of Topliss-reactive ketones (excluding diaryl/α,β-unsaturated/α-hetero) is 3. The summed E-state index contributed by atoms with van der Waals surface area (Å²) in [4.78, 5) is 37.1. The fourth-order valence-corrected chi connectivity index (χ4v) is 2.75. The highest BCUT2D eigenvalue weighted by atomic mass is 16.6. The highest BCUT2D eigenvalue weighted by Gasteiger charge is 2.51. The van der Waals surface area contributed by atoms with Gasteiger partial charge in [-0.15, -0.1) is 0 Å². The van der Waals surface area contributed by atoms with Crippen LogP contribution in [-0.4, -0.2) is 28.2 Å². The number of hydrogen-bond acceptors (Lipinski definition) is 5. The molecule has 1 atom stereocenters. The Morgan fingerprint density at radius 1 is 1.00 bits per heavy atom. The minimum atomic E-state index is -2.35. The van der Waals surface area contributed by atoms with Crippen LogP contribution < -0.4 is 0 Å². The molecule has 0 bridgehead atoms. The smallest absolute Gasteiger partial charge is 0.279 e. The van der Waals surface area contributed by atoms with E-state index in [2.05, 4.69) is 0 Å². The Bertz CT molecular complexity index is 867. The predicted molar refractivity (Wildman–Crippen MR) is 90.5 cm³/mol. The largest absolute Gasteiger partial charge is 0.453 e. The van der Waals surface area contributed by atoms with E-state index >= 15 is 0 Å². The minimum Gasteiger partial charge on any atom is -0.453 e. The lowest BCUT2D eigenvalue weighted by atomic mass is 9.93. The molecule has 0 aliphatic carbocycles. The van der Waals surface area contributed by atoms with E-state index in [0.29, 0.717) is 11.1 Å². The van der Waals surface area contributed by atoms with Gasteiger partial charge in [0, 0.05) is 11.1 Å². The summed E-state index contributed by atoms with van der Waals surface area (Å²) in [6.45, 7) is 1.24. The Kier molecular flexibility index (Phi) is 4.33. The zero-order chi connectivity index (χ0) is 18.0. The first-order chi connectivity index (χ1) is 11.9. The molecule has 0 saturated carbocycles. The second-order valence-corrected chi connectivity index (χ2v) is 5.86. The molecule has 25 heavy (non-hydrogen) atoms. The standard InChI is InChI=1S/C20H16O5/c1-13(21)12-20(24)19(23)16(17(22)14-8-4-2-5-9-14)18(25-20)15-10-6-3-7-11-15/h2-11,24H,12H2,1H3. The second-order valence-electron chi connectivity index (χ2n) is 5.86. The molecule has 0 fully saturated rings. The molecule has 0 aromatic heterocycles. The lowest BCUT2D eigenvalue weighted by molar-refractivity contribution is -0.174. The van der Waals surface area contributed by atoms with Crippen molar-refractivity contribution < 1.29 is 24.2 Å². The topological polar surface area (TPSA) is 80.7 Å². The highest BCUT2D eigenvalue weighted by molar-refractivity contribution is 6.33. The zero-order valence-corrected chi connectivity index (χ0v) is 13.6. The Hall–Kier alpha value is -3.05. The Labute approximate surface area is 144 Å². The van der Waals surface area contributed by atoms with Gasteiger partial charge in [0.15, 0.2) is 0 Å². The zero-order valence-electron chi connectivity index (χ0n) is 13.6. The van der Waals surface area contributed by atoms with E-state index < -0.39 is 29.6 Å². The first kappa shape index (κ1) is 16.8. The van der Waals surface area contributed by atoms with Crippen molar-refractivity contribution in [1.29, 1.82) is 0 Å². The van der Waals surface area contributed by atoms with Gasteiger partial charge >= 0.3 is 0 Å². The van der Waals surface area contributed by atoms with Crippen molar-refractivity contribution in [2.45, 2.75) is 19.1 Å². The van der Waals surface area contributed by atoms with Crippen molar-refractivity contribution in [3.05, 3.63) is 77.4 Å². The molecule has 0 spiro atoms. The number of ether oxygens (including phenoxy) is 1. The third-order valence-corrected chi connectivity index (χ3v) is 3.87.